The van der Waals surface area contributed by atoms with E-state index in [0.717, 1.165) is 6.42 Å². The van der Waals surface area contributed by atoms with Gasteiger partial charge in [0.25, 0.3) is 0 Å². The minimum Gasteiger partial charge on any atom is -0.242 e. The highest BCUT2D eigenvalue weighted by Gasteiger charge is 2.13. The second-order valence-corrected chi connectivity index (χ2v) is 3.13. The van der Waals surface area contributed by atoms with Crippen LogP contribution in [-0.2, 0) is 0 Å². The van der Waals surface area contributed by atoms with Crippen LogP contribution in [0.3, 0.4) is 0 Å². The van der Waals surface area contributed by atoms with Crippen molar-refractivity contribution in [1.82, 2.24) is 0 Å². The van der Waals surface area contributed by atoms with Crippen LogP contribution in [0.25, 0.3) is 0 Å². The first kappa shape index (κ1) is 8.29. The Morgan fingerprint density at radius 2 is 2.45 bits per heavy atom. The molecule has 0 bridgehead atoms. The quantitative estimate of drug-likeness (QED) is 0.468. The van der Waals surface area contributed by atoms with E-state index in [1.165, 1.54) is 0 Å². The molecular formula is C10H13F. The van der Waals surface area contributed by atoms with Crippen molar-refractivity contribution in [1.29, 1.82) is 0 Å². The Morgan fingerprint density at radius 1 is 1.73 bits per heavy atom. The highest BCUT2D eigenvalue weighted by atomic mass is 19.1. The van der Waals surface area contributed by atoms with Gasteiger partial charge in [0.2, 0.25) is 0 Å². The third-order valence-corrected chi connectivity index (χ3v) is 1.92. The molecule has 0 fully saturated rings. The molecule has 0 spiro atoms. The second kappa shape index (κ2) is 3.54. The Labute approximate surface area is 67.1 Å². The summed E-state index contributed by atoms with van der Waals surface area (Å²) in [5.41, 5.74) is 3.46. The van der Waals surface area contributed by atoms with Gasteiger partial charge >= 0.3 is 0 Å². The molecule has 0 amide bonds. The number of alkyl halides is 1. The van der Waals surface area contributed by atoms with Crippen molar-refractivity contribution < 1.29 is 4.39 Å². The smallest absolute Gasteiger partial charge is 0.125 e. The highest BCUT2D eigenvalue weighted by Crippen LogP contribution is 2.20. The molecule has 2 unspecified atom stereocenters. The van der Waals surface area contributed by atoms with Crippen molar-refractivity contribution in [3.05, 3.63) is 30.0 Å². The minimum atomic E-state index is -0.869. The van der Waals surface area contributed by atoms with Crippen LogP contribution >= 0.6 is 0 Å². The SMILES string of the molecule is C=C1C=C=CCC(C)CC1F. The van der Waals surface area contributed by atoms with Gasteiger partial charge in [-0.15, -0.1) is 5.73 Å². The Bertz CT molecular complexity index is 209. The van der Waals surface area contributed by atoms with E-state index in [1.54, 1.807) is 6.08 Å². The van der Waals surface area contributed by atoms with Gasteiger partial charge < -0.3 is 0 Å². The monoisotopic (exact) mass is 152 g/mol. The summed E-state index contributed by atoms with van der Waals surface area (Å²) in [6.07, 6.45) is 4.22. The van der Waals surface area contributed by atoms with Gasteiger partial charge in [-0.2, -0.15) is 0 Å². The van der Waals surface area contributed by atoms with Crippen LogP contribution in [0, 0.1) is 5.92 Å². The van der Waals surface area contributed by atoms with Gasteiger partial charge in [0, 0.05) is 0 Å². The number of hydrogen-bond acceptors (Lipinski definition) is 0. The number of halogens is 1. The van der Waals surface area contributed by atoms with Gasteiger partial charge in [-0.3, -0.25) is 0 Å². The third-order valence-electron chi connectivity index (χ3n) is 1.92. The molecule has 0 nitrogen and oxygen atoms in total. The first-order valence-electron chi connectivity index (χ1n) is 3.94. The number of hydrogen-bond donors (Lipinski definition) is 0. The topological polar surface area (TPSA) is 0 Å². The summed E-state index contributed by atoms with van der Waals surface area (Å²) in [6, 6.07) is 0. The summed E-state index contributed by atoms with van der Waals surface area (Å²) >= 11 is 0. The summed E-state index contributed by atoms with van der Waals surface area (Å²) < 4.78 is 13.1. The molecule has 1 heteroatoms. The van der Waals surface area contributed by atoms with Crippen molar-refractivity contribution in [2.24, 2.45) is 5.92 Å². The van der Waals surface area contributed by atoms with Gasteiger partial charge in [-0.1, -0.05) is 13.5 Å². The molecule has 1 aliphatic rings. The van der Waals surface area contributed by atoms with Crippen LogP contribution in [0.5, 0.6) is 0 Å². The summed E-state index contributed by atoms with van der Waals surface area (Å²) in [7, 11) is 0. The largest absolute Gasteiger partial charge is 0.242 e. The molecular weight excluding hydrogens is 139 g/mol. The van der Waals surface area contributed by atoms with E-state index in [1.807, 2.05) is 13.0 Å². The fourth-order valence-electron chi connectivity index (χ4n) is 1.13. The number of allylic oxidation sites excluding steroid dienone is 2. The Balaban J connectivity index is 2.74. The molecule has 0 aromatic rings. The van der Waals surface area contributed by atoms with E-state index in [-0.39, 0.29) is 0 Å². The lowest BCUT2D eigenvalue weighted by molar-refractivity contribution is 0.319. The average molecular weight is 152 g/mol. The molecule has 60 valence electrons. The Kier molecular flexibility index (Phi) is 2.67. The van der Waals surface area contributed by atoms with Gasteiger partial charge in [-0.25, -0.2) is 4.39 Å². The minimum absolute atomic E-state index is 0.406. The predicted molar refractivity (Wildman–Crippen MR) is 45.1 cm³/mol. The van der Waals surface area contributed by atoms with Crippen molar-refractivity contribution >= 4 is 0 Å². The maximum atomic E-state index is 13.1. The van der Waals surface area contributed by atoms with Crippen LogP contribution in [0.2, 0.25) is 0 Å². The van der Waals surface area contributed by atoms with E-state index < -0.39 is 6.17 Å². The third kappa shape index (κ3) is 2.36. The standard InChI is InChI=1S/C10H13F/c1-8-5-3-4-6-9(2)10(11)7-8/h3,6,8,10H,2,5,7H2,1H3. The zero-order valence-corrected chi connectivity index (χ0v) is 6.81. The van der Waals surface area contributed by atoms with Crippen molar-refractivity contribution in [2.75, 3.05) is 0 Å². The molecule has 0 N–H and O–H groups in total. The molecule has 11 heavy (non-hydrogen) atoms. The molecule has 1 aliphatic carbocycles. The van der Waals surface area contributed by atoms with Crippen LogP contribution in [-0.4, -0.2) is 6.17 Å². The maximum Gasteiger partial charge on any atom is 0.125 e. The molecule has 0 saturated carbocycles. The first-order chi connectivity index (χ1) is 5.20. The fourth-order valence-corrected chi connectivity index (χ4v) is 1.13. The molecule has 0 heterocycles. The van der Waals surface area contributed by atoms with Gasteiger partial charge in [0.15, 0.2) is 0 Å². The average Bonchev–Trinajstić information content (AvgIpc) is 1.95. The van der Waals surface area contributed by atoms with Crippen LogP contribution in [0.4, 0.5) is 4.39 Å². The zero-order chi connectivity index (χ0) is 8.27. The number of rotatable bonds is 0. The van der Waals surface area contributed by atoms with Gasteiger partial charge in [0.1, 0.15) is 6.17 Å². The molecule has 0 aromatic carbocycles. The summed E-state index contributed by atoms with van der Waals surface area (Å²) in [5.74, 6) is 0.406. The lowest BCUT2D eigenvalue weighted by Gasteiger charge is -2.13. The summed E-state index contributed by atoms with van der Waals surface area (Å²) in [5, 5.41) is 0. The molecule has 2 atom stereocenters. The van der Waals surface area contributed by atoms with E-state index in [2.05, 4.69) is 12.3 Å². The van der Waals surface area contributed by atoms with Crippen LogP contribution < -0.4 is 0 Å². The lowest BCUT2D eigenvalue weighted by atomic mass is 9.95. The lowest BCUT2D eigenvalue weighted by Crippen LogP contribution is -2.08. The predicted octanol–water partition coefficient (Wildman–Crippen LogP) is 3.02. The van der Waals surface area contributed by atoms with Crippen LogP contribution in [0.15, 0.2) is 30.0 Å². The molecule has 0 aromatic heterocycles. The molecule has 0 aliphatic heterocycles. The van der Waals surface area contributed by atoms with E-state index in [0.29, 0.717) is 17.9 Å². The normalized spacial score (nSPS) is 31.6. The van der Waals surface area contributed by atoms with Crippen LogP contribution in [0.1, 0.15) is 19.8 Å². The van der Waals surface area contributed by atoms with E-state index >= 15 is 0 Å². The van der Waals surface area contributed by atoms with Crippen molar-refractivity contribution in [3.8, 4) is 0 Å². The Morgan fingerprint density at radius 3 is 3.18 bits per heavy atom. The fraction of sp³-hybridized carbons (Fsp3) is 0.500. The molecule has 0 saturated heterocycles. The first-order valence-corrected chi connectivity index (χ1v) is 3.94. The van der Waals surface area contributed by atoms with E-state index in [4.69, 9.17) is 0 Å². The van der Waals surface area contributed by atoms with Gasteiger partial charge in [-0.05, 0) is 36.5 Å². The van der Waals surface area contributed by atoms with Crippen molar-refractivity contribution in [3.63, 3.8) is 0 Å². The van der Waals surface area contributed by atoms with Gasteiger partial charge in [0.05, 0.1) is 0 Å². The Hall–Kier alpha value is -0.810. The van der Waals surface area contributed by atoms with E-state index in [9.17, 15) is 4.39 Å². The second-order valence-electron chi connectivity index (χ2n) is 3.13. The highest BCUT2D eigenvalue weighted by molar-refractivity contribution is 5.19. The summed E-state index contributed by atoms with van der Waals surface area (Å²) in [4.78, 5) is 0. The van der Waals surface area contributed by atoms with Crippen molar-refractivity contribution in [2.45, 2.75) is 25.9 Å². The molecule has 1 rings (SSSR count). The summed E-state index contributed by atoms with van der Waals surface area (Å²) in [6.45, 7) is 5.66. The zero-order valence-electron chi connectivity index (χ0n) is 6.81. The molecule has 0 radical (unpaired) electrons. The maximum absolute atomic E-state index is 13.1.